The molecule has 0 aliphatic heterocycles. The van der Waals surface area contributed by atoms with E-state index in [-0.39, 0.29) is 6.61 Å². The zero-order valence-corrected chi connectivity index (χ0v) is 7.70. The summed E-state index contributed by atoms with van der Waals surface area (Å²) in [6, 6.07) is 0. The Morgan fingerprint density at radius 2 is 1.54 bits per heavy atom. The first-order valence-electron chi connectivity index (χ1n) is 3.29. The molecule has 13 heavy (non-hydrogen) atoms. The maximum Gasteiger partial charge on any atom is 0.329 e. The van der Waals surface area contributed by atoms with Crippen molar-refractivity contribution in [1.82, 2.24) is 0 Å². The Morgan fingerprint density at radius 3 is 1.54 bits per heavy atom. The first-order valence-corrected chi connectivity index (χ1v) is 3.29. The van der Waals surface area contributed by atoms with E-state index in [9.17, 15) is 14.4 Å². The van der Waals surface area contributed by atoms with E-state index < -0.39 is 17.9 Å². The topological polar surface area (TPSA) is 89.9 Å². The first kappa shape index (κ1) is 14.1. The van der Waals surface area contributed by atoms with Crippen LogP contribution in [0.15, 0.2) is 0 Å². The van der Waals surface area contributed by atoms with Gasteiger partial charge in [0.05, 0.1) is 0 Å². The van der Waals surface area contributed by atoms with Crippen LogP contribution in [0.1, 0.15) is 13.8 Å². The number of hydrogen-bond donors (Lipinski definition) is 1. The summed E-state index contributed by atoms with van der Waals surface area (Å²) in [7, 11) is 1.34. The molecule has 6 nitrogen and oxygen atoms in total. The maximum absolute atomic E-state index is 9.81. The monoisotopic (exact) mass is 192 g/mol. The molecule has 0 saturated heterocycles. The summed E-state index contributed by atoms with van der Waals surface area (Å²) >= 11 is 0. The van der Waals surface area contributed by atoms with E-state index in [1.165, 1.54) is 21.0 Å². The number of aliphatic carboxylic acids is 1. The molecule has 0 spiro atoms. The number of methoxy groups -OCH3 is 1. The van der Waals surface area contributed by atoms with E-state index in [0.717, 1.165) is 0 Å². The molecular formula is C7H12O6. The molecule has 0 atom stereocenters. The van der Waals surface area contributed by atoms with Gasteiger partial charge < -0.3 is 14.6 Å². The second kappa shape index (κ2) is 8.66. The Bertz CT molecular complexity index is 173. The summed E-state index contributed by atoms with van der Waals surface area (Å²) in [5.41, 5.74) is 0. The third kappa shape index (κ3) is 25.0. The highest BCUT2D eigenvalue weighted by atomic mass is 16.6. The lowest BCUT2D eigenvalue weighted by atomic mass is 10.7. The van der Waals surface area contributed by atoms with Gasteiger partial charge in [0.2, 0.25) is 0 Å². The number of hydrogen-bond acceptors (Lipinski definition) is 5. The van der Waals surface area contributed by atoms with Crippen LogP contribution >= 0.6 is 0 Å². The molecule has 1 N–H and O–H groups in total. The minimum absolute atomic E-state index is 0.208. The van der Waals surface area contributed by atoms with Gasteiger partial charge in [-0.05, 0) is 0 Å². The van der Waals surface area contributed by atoms with Crippen molar-refractivity contribution < 1.29 is 29.0 Å². The number of carbonyl (C=O) groups is 3. The Labute approximate surface area is 75.4 Å². The molecular weight excluding hydrogens is 180 g/mol. The predicted molar refractivity (Wildman–Crippen MR) is 42.0 cm³/mol. The van der Waals surface area contributed by atoms with Gasteiger partial charge in [-0.2, -0.15) is 0 Å². The number of carboxylic acid groups (broad SMARTS) is 1. The Morgan fingerprint density at radius 1 is 1.15 bits per heavy atom. The van der Waals surface area contributed by atoms with E-state index in [4.69, 9.17) is 5.11 Å². The molecule has 0 aliphatic rings. The largest absolute Gasteiger partial charge is 0.480 e. The Balaban J connectivity index is 0. The van der Waals surface area contributed by atoms with Crippen molar-refractivity contribution >= 4 is 17.9 Å². The van der Waals surface area contributed by atoms with Crippen molar-refractivity contribution in [3.05, 3.63) is 0 Å². The molecule has 0 saturated carbocycles. The van der Waals surface area contributed by atoms with Gasteiger partial charge in [0.25, 0.3) is 0 Å². The third-order valence-corrected chi connectivity index (χ3v) is 0.555. The van der Waals surface area contributed by atoms with E-state index in [1.807, 2.05) is 0 Å². The molecule has 0 amide bonds. The second-order valence-corrected chi connectivity index (χ2v) is 1.91. The average molecular weight is 192 g/mol. The zero-order chi connectivity index (χ0) is 10.9. The third-order valence-electron chi connectivity index (χ3n) is 0.555. The molecule has 0 aromatic heterocycles. The summed E-state index contributed by atoms with van der Waals surface area (Å²) < 4.78 is 8.18. The molecule has 76 valence electrons. The van der Waals surface area contributed by atoms with E-state index in [0.29, 0.717) is 0 Å². The molecule has 0 aliphatic carbocycles. The van der Waals surface area contributed by atoms with Crippen molar-refractivity contribution in [3.8, 4) is 0 Å². The fourth-order valence-corrected chi connectivity index (χ4v) is 0.326. The standard InChI is InChI=1S/C4H6O3.C3H6O3/c1-3(5)7-4(2)6;1-6-2-3(4)5/h1-2H3;2H2,1H3,(H,4,5). The summed E-state index contributed by atoms with van der Waals surface area (Å²) in [5.74, 6) is -2.06. The molecule has 0 radical (unpaired) electrons. The highest BCUT2D eigenvalue weighted by Gasteiger charge is 1.93. The van der Waals surface area contributed by atoms with Crippen LogP contribution in [-0.2, 0) is 23.9 Å². The van der Waals surface area contributed by atoms with Crippen LogP contribution in [0.5, 0.6) is 0 Å². The molecule has 0 heterocycles. The lowest BCUT2D eigenvalue weighted by Crippen LogP contribution is -2.03. The van der Waals surface area contributed by atoms with Crippen molar-refractivity contribution in [2.45, 2.75) is 13.8 Å². The highest BCUT2D eigenvalue weighted by molar-refractivity contribution is 5.82. The van der Waals surface area contributed by atoms with Crippen LogP contribution in [-0.4, -0.2) is 36.7 Å². The number of carbonyl (C=O) groups excluding carboxylic acids is 2. The summed E-state index contributed by atoms with van der Waals surface area (Å²) in [4.78, 5) is 29.1. The van der Waals surface area contributed by atoms with Crippen molar-refractivity contribution in [3.63, 3.8) is 0 Å². The molecule has 0 bridgehead atoms. The predicted octanol–water partition coefficient (Wildman–Crippen LogP) is -0.187. The number of rotatable bonds is 2. The molecule has 0 unspecified atom stereocenters. The van der Waals surface area contributed by atoms with Crippen LogP contribution in [0.3, 0.4) is 0 Å². The number of carboxylic acids is 1. The molecule has 6 heteroatoms. The van der Waals surface area contributed by atoms with Crippen LogP contribution in [0.2, 0.25) is 0 Å². The first-order chi connectivity index (χ1) is 5.90. The molecule has 0 fully saturated rings. The number of esters is 2. The minimum Gasteiger partial charge on any atom is -0.480 e. The van der Waals surface area contributed by atoms with Crippen LogP contribution in [0, 0.1) is 0 Å². The molecule has 0 aromatic rings. The van der Waals surface area contributed by atoms with Gasteiger partial charge in [0.15, 0.2) is 0 Å². The van der Waals surface area contributed by atoms with Crippen molar-refractivity contribution in [2.75, 3.05) is 13.7 Å². The second-order valence-electron chi connectivity index (χ2n) is 1.91. The van der Waals surface area contributed by atoms with Gasteiger partial charge >= 0.3 is 17.9 Å². The highest BCUT2D eigenvalue weighted by Crippen LogP contribution is 1.73. The van der Waals surface area contributed by atoms with Gasteiger partial charge in [0.1, 0.15) is 6.61 Å². The molecule has 0 rings (SSSR count). The summed E-state index contributed by atoms with van der Waals surface area (Å²) in [5, 5.41) is 7.79. The SMILES string of the molecule is CC(=O)OC(C)=O.COCC(=O)O. The smallest absolute Gasteiger partial charge is 0.329 e. The zero-order valence-electron chi connectivity index (χ0n) is 7.70. The van der Waals surface area contributed by atoms with E-state index in [1.54, 1.807) is 0 Å². The summed E-state index contributed by atoms with van der Waals surface area (Å²) in [6.07, 6.45) is 0. The van der Waals surface area contributed by atoms with Crippen LogP contribution < -0.4 is 0 Å². The normalized spacial score (nSPS) is 7.92. The maximum atomic E-state index is 9.81. The van der Waals surface area contributed by atoms with Gasteiger partial charge in [-0.3, -0.25) is 9.59 Å². The summed E-state index contributed by atoms with van der Waals surface area (Å²) in [6.45, 7) is 2.16. The molecule has 0 aromatic carbocycles. The van der Waals surface area contributed by atoms with Crippen molar-refractivity contribution in [2.24, 2.45) is 0 Å². The van der Waals surface area contributed by atoms with Gasteiger partial charge in [0, 0.05) is 21.0 Å². The minimum atomic E-state index is -0.933. The van der Waals surface area contributed by atoms with Crippen LogP contribution in [0.4, 0.5) is 0 Å². The lowest BCUT2D eigenvalue weighted by molar-refractivity contribution is -0.156. The van der Waals surface area contributed by atoms with E-state index in [2.05, 4.69) is 9.47 Å². The fraction of sp³-hybridized carbons (Fsp3) is 0.571. The fourth-order valence-electron chi connectivity index (χ4n) is 0.326. The van der Waals surface area contributed by atoms with Crippen LogP contribution in [0.25, 0.3) is 0 Å². The van der Waals surface area contributed by atoms with Gasteiger partial charge in [-0.1, -0.05) is 0 Å². The Hall–Kier alpha value is -1.43. The lowest BCUT2D eigenvalue weighted by Gasteiger charge is -1.87. The van der Waals surface area contributed by atoms with Crippen molar-refractivity contribution in [1.29, 1.82) is 0 Å². The number of ether oxygens (including phenoxy) is 2. The average Bonchev–Trinajstić information content (AvgIpc) is 1.83. The van der Waals surface area contributed by atoms with Gasteiger partial charge in [-0.25, -0.2) is 4.79 Å². The quantitative estimate of drug-likeness (QED) is 0.482. The Kier molecular flexibility index (Phi) is 9.41. The van der Waals surface area contributed by atoms with Gasteiger partial charge in [-0.15, -0.1) is 0 Å². The van der Waals surface area contributed by atoms with E-state index >= 15 is 0 Å².